The number of amides is 1. The highest BCUT2D eigenvalue weighted by Crippen LogP contribution is 2.35. The van der Waals surface area contributed by atoms with Crippen LogP contribution in [0.4, 0.5) is 0 Å². The molecule has 3 atom stereocenters. The number of likely N-dealkylation sites (tertiary alicyclic amines) is 1. The first-order valence-electron chi connectivity index (χ1n) is 6.35. The molecule has 3 unspecified atom stereocenters. The van der Waals surface area contributed by atoms with Crippen molar-refractivity contribution in [2.45, 2.75) is 19.4 Å². The average Bonchev–Trinajstić information content (AvgIpc) is 3.03. The van der Waals surface area contributed by atoms with Crippen molar-refractivity contribution in [3.8, 4) is 0 Å². The third-order valence-corrected chi connectivity index (χ3v) is 4.17. The highest BCUT2D eigenvalue weighted by molar-refractivity contribution is 5.94. The summed E-state index contributed by atoms with van der Waals surface area (Å²) in [6.45, 7) is 5.16. The molecule has 0 bridgehead atoms. The van der Waals surface area contributed by atoms with Crippen molar-refractivity contribution >= 4 is 5.91 Å². The van der Waals surface area contributed by atoms with Crippen molar-refractivity contribution in [3.63, 3.8) is 0 Å². The molecule has 4 heteroatoms. The van der Waals surface area contributed by atoms with E-state index in [0.29, 0.717) is 23.4 Å². The summed E-state index contributed by atoms with van der Waals surface area (Å²) < 4.78 is 5.00. The second kappa shape index (κ2) is 4.18. The maximum Gasteiger partial charge on any atom is 0.257 e. The smallest absolute Gasteiger partial charge is 0.257 e. The van der Waals surface area contributed by atoms with Crippen LogP contribution >= 0.6 is 0 Å². The van der Waals surface area contributed by atoms with Crippen molar-refractivity contribution in [2.75, 3.05) is 19.6 Å². The number of hydrogen-bond acceptors (Lipinski definition) is 3. The summed E-state index contributed by atoms with van der Waals surface area (Å²) in [4.78, 5) is 14.4. The van der Waals surface area contributed by atoms with Crippen LogP contribution in [0, 0.1) is 11.8 Å². The second-order valence-corrected chi connectivity index (χ2v) is 5.03. The number of furan rings is 1. The van der Waals surface area contributed by atoms with Gasteiger partial charge in [0.15, 0.2) is 0 Å². The van der Waals surface area contributed by atoms with Crippen LogP contribution in [0.3, 0.4) is 0 Å². The van der Waals surface area contributed by atoms with Gasteiger partial charge in [0.2, 0.25) is 0 Å². The van der Waals surface area contributed by atoms with Crippen LogP contribution in [0.25, 0.3) is 0 Å². The molecule has 1 N–H and O–H groups in total. The summed E-state index contributed by atoms with van der Waals surface area (Å²) in [5.74, 6) is 1.40. The van der Waals surface area contributed by atoms with E-state index in [1.807, 2.05) is 4.90 Å². The van der Waals surface area contributed by atoms with Crippen molar-refractivity contribution < 1.29 is 9.21 Å². The predicted octanol–water partition coefficient (Wildman–Crippen LogP) is 1.35. The van der Waals surface area contributed by atoms with Gasteiger partial charge in [-0.25, -0.2) is 0 Å². The molecule has 3 heterocycles. The van der Waals surface area contributed by atoms with E-state index in [-0.39, 0.29) is 5.91 Å². The van der Waals surface area contributed by atoms with E-state index in [1.54, 1.807) is 18.6 Å². The molecule has 4 nitrogen and oxygen atoms in total. The van der Waals surface area contributed by atoms with Crippen LogP contribution in [0.1, 0.15) is 23.7 Å². The number of nitrogens with one attached hydrogen (secondary N) is 1. The minimum atomic E-state index is 0.125. The Morgan fingerprint density at radius 3 is 3.18 bits per heavy atom. The molecule has 2 saturated heterocycles. The van der Waals surface area contributed by atoms with Crippen molar-refractivity contribution in [1.82, 2.24) is 10.2 Å². The number of nitrogens with zero attached hydrogens (tertiary/aromatic N) is 1. The topological polar surface area (TPSA) is 45.5 Å². The summed E-state index contributed by atoms with van der Waals surface area (Å²) in [6, 6.07) is 2.14. The van der Waals surface area contributed by atoms with Crippen LogP contribution in [0.15, 0.2) is 23.0 Å². The van der Waals surface area contributed by atoms with E-state index in [9.17, 15) is 4.79 Å². The van der Waals surface area contributed by atoms with Gasteiger partial charge >= 0.3 is 0 Å². The highest BCUT2D eigenvalue weighted by Gasteiger charge is 2.45. The molecular weight excluding hydrogens is 216 g/mol. The zero-order valence-electron chi connectivity index (χ0n) is 10.1. The molecule has 92 valence electrons. The monoisotopic (exact) mass is 234 g/mol. The maximum absolute atomic E-state index is 12.4. The first-order valence-corrected chi connectivity index (χ1v) is 6.35. The van der Waals surface area contributed by atoms with Gasteiger partial charge in [-0.1, -0.05) is 6.92 Å². The van der Waals surface area contributed by atoms with Crippen molar-refractivity contribution in [3.05, 3.63) is 24.2 Å². The van der Waals surface area contributed by atoms with Gasteiger partial charge in [0, 0.05) is 25.7 Å². The molecule has 1 aromatic heterocycles. The fourth-order valence-corrected chi connectivity index (χ4v) is 3.33. The lowest BCUT2D eigenvalue weighted by Gasteiger charge is -2.26. The molecule has 0 aromatic carbocycles. The van der Waals surface area contributed by atoms with Crippen LogP contribution in [-0.2, 0) is 0 Å². The highest BCUT2D eigenvalue weighted by atomic mass is 16.3. The lowest BCUT2D eigenvalue weighted by Crippen LogP contribution is -2.39. The molecule has 1 amide bonds. The molecule has 2 fully saturated rings. The largest absolute Gasteiger partial charge is 0.472 e. The van der Waals surface area contributed by atoms with Crippen LogP contribution < -0.4 is 5.32 Å². The van der Waals surface area contributed by atoms with Gasteiger partial charge in [0.25, 0.3) is 5.91 Å². The number of fused-ring (bicyclic) bond motifs is 1. The Hall–Kier alpha value is -1.29. The lowest BCUT2D eigenvalue weighted by molar-refractivity contribution is 0.0711. The SMILES string of the molecule is CCC1C2CNCC2CN1C(=O)c1ccoc1. The summed E-state index contributed by atoms with van der Waals surface area (Å²) in [5, 5.41) is 3.43. The summed E-state index contributed by atoms with van der Waals surface area (Å²) in [5.41, 5.74) is 0.677. The Morgan fingerprint density at radius 2 is 2.47 bits per heavy atom. The van der Waals surface area contributed by atoms with Gasteiger partial charge in [-0.3, -0.25) is 4.79 Å². The number of hydrogen-bond donors (Lipinski definition) is 1. The van der Waals surface area contributed by atoms with Crippen molar-refractivity contribution in [1.29, 1.82) is 0 Å². The molecule has 0 radical (unpaired) electrons. The van der Waals surface area contributed by atoms with E-state index in [1.165, 1.54) is 0 Å². The molecule has 2 aliphatic rings. The molecule has 0 aliphatic carbocycles. The predicted molar refractivity (Wildman–Crippen MR) is 63.7 cm³/mol. The van der Waals surface area contributed by atoms with E-state index in [4.69, 9.17) is 4.42 Å². The molecule has 2 aliphatic heterocycles. The third kappa shape index (κ3) is 1.67. The minimum absolute atomic E-state index is 0.125. The summed E-state index contributed by atoms with van der Waals surface area (Å²) >= 11 is 0. The standard InChI is InChI=1S/C13H18N2O2/c1-2-12-11-6-14-5-10(11)7-15(12)13(16)9-3-4-17-8-9/h3-4,8,10-12,14H,2,5-7H2,1H3. The zero-order chi connectivity index (χ0) is 11.8. The van der Waals surface area contributed by atoms with E-state index < -0.39 is 0 Å². The van der Waals surface area contributed by atoms with E-state index in [0.717, 1.165) is 26.1 Å². The van der Waals surface area contributed by atoms with Crippen LogP contribution in [-0.4, -0.2) is 36.5 Å². The summed E-state index contributed by atoms with van der Waals surface area (Å²) in [7, 11) is 0. The van der Waals surface area contributed by atoms with Gasteiger partial charge in [-0.05, 0) is 24.3 Å². The number of carbonyl (C=O) groups excluding carboxylic acids is 1. The molecule has 17 heavy (non-hydrogen) atoms. The Bertz CT molecular complexity index is 402. The second-order valence-electron chi connectivity index (χ2n) is 5.03. The third-order valence-electron chi connectivity index (χ3n) is 4.17. The van der Waals surface area contributed by atoms with Gasteiger partial charge in [0.05, 0.1) is 11.8 Å². The molecule has 3 rings (SSSR count). The Labute approximate surface area is 101 Å². The normalized spacial score (nSPS) is 31.8. The number of carbonyl (C=O) groups is 1. The molecule has 1 aromatic rings. The fourth-order valence-electron chi connectivity index (χ4n) is 3.33. The average molecular weight is 234 g/mol. The van der Waals surface area contributed by atoms with Gasteiger partial charge in [-0.2, -0.15) is 0 Å². The first-order chi connectivity index (χ1) is 8.31. The van der Waals surface area contributed by atoms with Gasteiger partial charge < -0.3 is 14.6 Å². The zero-order valence-corrected chi connectivity index (χ0v) is 10.1. The van der Waals surface area contributed by atoms with Crippen LogP contribution in [0.2, 0.25) is 0 Å². The van der Waals surface area contributed by atoms with Crippen molar-refractivity contribution in [2.24, 2.45) is 11.8 Å². The summed E-state index contributed by atoms with van der Waals surface area (Å²) in [6.07, 6.45) is 4.14. The van der Waals surface area contributed by atoms with Crippen LogP contribution in [0.5, 0.6) is 0 Å². The van der Waals surface area contributed by atoms with E-state index in [2.05, 4.69) is 12.2 Å². The Kier molecular flexibility index (Phi) is 2.67. The first kappa shape index (κ1) is 10.8. The van der Waals surface area contributed by atoms with E-state index >= 15 is 0 Å². The van der Waals surface area contributed by atoms with Gasteiger partial charge in [0.1, 0.15) is 6.26 Å². The lowest BCUT2D eigenvalue weighted by atomic mass is 9.93. The molecular formula is C13H18N2O2. The number of rotatable bonds is 2. The quantitative estimate of drug-likeness (QED) is 0.840. The molecule has 0 spiro atoms. The fraction of sp³-hybridized carbons (Fsp3) is 0.615. The van der Waals surface area contributed by atoms with Gasteiger partial charge in [-0.15, -0.1) is 0 Å². The Balaban J connectivity index is 1.81. The minimum Gasteiger partial charge on any atom is -0.472 e. The maximum atomic E-state index is 12.4. The Morgan fingerprint density at radius 1 is 1.59 bits per heavy atom. The molecule has 0 saturated carbocycles.